The van der Waals surface area contributed by atoms with Crippen molar-refractivity contribution in [2.45, 2.75) is 56.9 Å². The summed E-state index contributed by atoms with van der Waals surface area (Å²) in [6, 6.07) is 11.6. The van der Waals surface area contributed by atoms with E-state index in [9.17, 15) is 0 Å². The number of nitrogens with zero attached hydrogens (tertiary/aromatic N) is 2. The molecule has 0 spiro atoms. The molecule has 164 valence electrons. The van der Waals surface area contributed by atoms with Gasteiger partial charge in [-0.1, -0.05) is 36.8 Å². The third-order valence-corrected chi connectivity index (χ3v) is 6.51. The van der Waals surface area contributed by atoms with Crippen LogP contribution in [0.2, 0.25) is 0 Å². The van der Waals surface area contributed by atoms with Crippen molar-refractivity contribution in [2.24, 2.45) is 4.99 Å². The number of guanidine groups is 1. The first-order valence-corrected chi connectivity index (χ1v) is 11.1. The van der Waals surface area contributed by atoms with Crippen LogP contribution in [0.25, 0.3) is 0 Å². The molecule has 3 rings (SSSR count). The fourth-order valence-corrected chi connectivity index (χ4v) is 4.57. The summed E-state index contributed by atoms with van der Waals surface area (Å²) in [5.74, 6) is 0.911. The van der Waals surface area contributed by atoms with Crippen LogP contribution in [-0.4, -0.2) is 63.3 Å². The highest BCUT2D eigenvalue weighted by atomic mass is 127. The number of rotatable bonds is 7. The lowest BCUT2D eigenvalue weighted by atomic mass is 9.74. The summed E-state index contributed by atoms with van der Waals surface area (Å²) in [6.07, 6.45) is 7.35. The van der Waals surface area contributed by atoms with Gasteiger partial charge in [0.05, 0.1) is 0 Å². The number of likely N-dealkylation sites (tertiary alicyclic amines) is 1. The molecule has 0 aromatic heterocycles. The quantitative estimate of drug-likeness (QED) is 0.252. The van der Waals surface area contributed by atoms with Crippen LogP contribution in [0.1, 0.15) is 51.0 Å². The maximum absolute atomic E-state index is 5.65. The van der Waals surface area contributed by atoms with E-state index in [1.807, 2.05) is 7.05 Å². The number of nitrogens with one attached hydrogen (secondary N) is 2. The molecule has 6 heteroatoms. The zero-order chi connectivity index (χ0) is 19.7. The van der Waals surface area contributed by atoms with E-state index in [0.717, 1.165) is 57.6 Å². The minimum atomic E-state index is 0. The Morgan fingerprint density at radius 1 is 1.17 bits per heavy atom. The van der Waals surface area contributed by atoms with Gasteiger partial charge in [-0.05, 0) is 51.1 Å². The molecular formula is C23H39IN4O. The molecule has 1 aromatic carbocycles. The van der Waals surface area contributed by atoms with Crippen LogP contribution in [0.3, 0.4) is 0 Å². The van der Waals surface area contributed by atoms with Crippen molar-refractivity contribution >= 4 is 29.9 Å². The minimum Gasteiger partial charge on any atom is -0.381 e. The second-order valence-corrected chi connectivity index (χ2v) is 8.35. The zero-order valence-electron chi connectivity index (χ0n) is 18.2. The molecule has 1 unspecified atom stereocenters. The van der Waals surface area contributed by atoms with E-state index in [4.69, 9.17) is 4.74 Å². The van der Waals surface area contributed by atoms with Gasteiger partial charge in [0.25, 0.3) is 0 Å². The molecule has 0 saturated carbocycles. The van der Waals surface area contributed by atoms with Crippen molar-refractivity contribution < 1.29 is 4.74 Å². The molecule has 5 nitrogen and oxygen atoms in total. The largest absolute Gasteiger partial charge is 0.381 e. The summed E-state index contributed by atoms with van der Waals surface area (Å²) in [4.78, 5) is 7.08. The van der Waals surface area contributed by atoms with E-state index in [1.165, 1.54) is 37.9 Å². The maximum Gasteiger partial charge on any atom is 0.191 e. The number of aliphatic imine (C=N–C) groups is 1. The van der Waals surface area contributed by atoms with Gasteiger partial charge < -0.3 is 20.3 Å². The lowest BCUT2D eigenvalue weighted by molar-refractivity contribution is 0.0514. The van der Waals surface area contributed by atoms with Gasteiger partial charge in [0.1, 0.15) is 0 Å². The van der Waals surface area contributed by atoms with Crippen molar-refractivity contribution in [1.29, 1.82) is 0 Å². The molecule has 1 aromatic rings. The Kier molecular flexibility index (Phi) is 10.7. The topological polar surface area (TPSA) is 48.9 Å². The zero-order valence-corrected chi connectivity index (χ0v) is 20.5. The van der Waals surface area contributed by atoms with Crippen molar-refractivity contribution in [3.05, 3.63) is 35.9 Å². The average molecular weight is 514 g/mol. The highest BCUT2D eigenvalue weighted by Gasteiger charge is 2.34. The minimum absolute atomic E-state index is 0. The summed E-state index contributed by atoms with van der Waals surface area (Å²) in [7, 11) is 1.86. The van der Waals surface area contributed by atoms with Crippen molar-refractivity contribution in [3.8, 4) is 0 Å². The number of halogens is 1. The van der Waals surface area contributed by atoms with Crippen LogP contribution in [-0.2, 0) is 10.2 Å². The Labute approximate surface area is 194 Å². The second-order valence-electron chi connectivity index (χ2n) is 8.35. The molecule has 0 bridgehead atoms. The average Bonchev–Trinajstić information content (AvgIpc) is 2.76. The van der Waals surface area contributed by atoms with E-state index in [-0.39, 0.29) is 29.4 Å². The Bertz CT molecular complexity index is 604. The Hall–Kier alpha value is -0.860. The maximum atomic E-state index is 5.65. The Morgan fingerprint density at radius 3 is 2.62 bits per heavy atom. The first-order valence-electron chi connectivity index (χ1n) is 11.1. The highest BCUT2D eigenvalue weighted by molar-refractivity contribution is 14.0. The second kappa shape index (κ2) is 12.7. The molecule has 2 fully saturated rings. The number of hydrogen-bond donors (Lipinski definition) is 2. The van der Waals surface area contributed by atoms with Gasteiger partial charge in [-0.25, -0.2) is 0 Å². The van der Waals surface area contributed by atoms with E-state index >= 15 is 0 Å². The third kappa shape index (κ3) is 7.10. The monoisotopic (exact) mass is 514 g/mol. The van der Waals surface area contributed by atoms with Gasteiger partial charge in [0.15, 0.2) is 5.96 Å². The van der Waals surface area contributed by atoms with Crippen LogP contribution in [0.4, 0.5) is 0 Å². The summed E-state index contributed by atoms with van der Waals surface area (Å²) in [5.41, 5.74) is 1.53. The van der Waals surface area contributed by atoms with E-state index in [2.05, 4.69) is 57.8 Å². The van der Waals surface area contributed by atoms with Gasteiger partial charge in [-0.15, -0.1) is 24.0 Å². The smallest absolute Gasteiger partial charge is 0.191 e. The predicted octanol–water partition coefficient (Wildman–Crippen LogP) is 3.78. The van der Waals surface area contributed by atoms with E-state index in [0.29, 0.717) is 0 Å². The Balaban J connectivity index is 0.00000300. The van der Waals surface area contributed by atoms with Gasteiger partial charge in [-0.3, -0.25) is 4.99 Å². The molecular weight excluding hydrogens is 475 g/mol. The number of hydrogen-bond acceptors (Lipinski definition) is 3. The van der Waals surface area contributed by atoms with Crippen LogP contribution >= 0.6 is 24.0 Å². The van der Waals surface area contributed by atoms with Gasteiger partial charge >= 0.3 is 0 Å². The van der Waals surface area contributed by atoms with Crippen LogP contribution in [0, 0.1) is 0 Å². The Morgan fingerprint density at radius 2 is 1.93 bits per heavy atom. The molecule has 0 radical (unpaired) electrons. The molecule has 29 heavy (non-hydrogen) atoms. The summed E-state index contributed by atoms with van der Waals surface area (Å²) in [6.45, 7) is 8.32. The van der Waals surface area contributed by atoms with Crippen LogP contribution in [0.5, 0.6) is 0 Å². The lowest BCUT2D eigenvalue weighted by Gasteiger charge is -2.38. The lowest BCUT2D eigenvalue weighted by Crippen LogP contribution is -2.48. The highest BCUT2D eigenvalue weighted by Crippen LogP contribution is 2.34. The van der Waals surface area contributed by atoms with Crippen molar-refractivity contribution in [3.63, 3.8) is 0 Å². The molecule has 1 atom stereocenters. The predicted molar refractivity (Wildman–Crippen MR) is 132 cm³/mol. The van der Waals surface area contributed by atoms with Gasteiger partial charge in [-0.2, -0.15) is 0 Å². The fraction of sp³-hybridized carbons (Fsp3) is 0.696. The number of piperidine rings is 1. The molecule has 0 amide bonds. The van der Waals surface area contributed by atoms with Gasteiger partial charge in [0, 0.05) is 51.4 Å². The normalized spacial score (nSPS) is 22.6. The van der Waals surface area contributed by atoms with Gasteiger partial charge in [0.2, 0.25) is 0 Å². The standard InChI is InChI=1S/C23H38N4O.HI/c1-20-9-6-7-15-27(20)16-8-14-25-22(24-2)26-19-23(12-17-28-18-13-23)21-10-4-3-5-11-21;/h3-5,10-11,20H,6-9,12-19H2,1-2H3,(H2,24,25,26);1H. The summed E-state index contributed by atoms with van der Waals surface area (Å²) in [5, 5.41) is 7.11. The van der Waals surface area contributed by atoms with Crippen LogP contribution in [0.15, 0.2) is 35.3 Å². The fourth-order valence-electron chi connectivity index (χ4n) is 4.57. The molecule has 2 saturated heterocycles. The van der Waals surface area contributed by atoms with E-state index in [1.54, 1.807) is 0 Å². The molecule has 2 heterocycles. The number of benzene rings is 1. The van der Waals surface area contributed by atoms with Crippen LogP contribution < -0.4 is 10.6 Å². The third-order valence-electron chi connectivity index (χ3n) is 6.51. The SMILES string of the molecule is CN=C(NCCCN1CCCCC1C)NCC1(c2ccccc2)CCOCC1.I. The van der Waals surface area contributed by atoms with Crippen molar-refractivity contribution in [2.75, 3.05) is 46.4 Å². The van der Waals surface area contributed by atoms with Crippen molar-refractivity contribution in [1.82, 2.24) is 15.5 Å². The number of ether oxygens (including phenoxy) is 1. The van der Waals surface area contributed by atoms with E-state index < -0.39 is 0 Å². The first-order chi connectivity index (χ1) is 13.7. The molecule has 2 aliphatic rings. The summed E-state index contributed by atoms with van der Waals surface area (Å²) >= 11 is 0. The molecule has 0 aliphatic carbocycles. The summed E-state index contributed by atoms with van der Waals surface area (Å²) < 4.78 is 5.65. The molecule has 2 N–H and O–H groups in total. The molecule has 2 aliphatic heterocycles. The first kappa shape index (κ1) is 24.4.